The number of amides is 1. The van der Waals surface area contributed by atoms with Crippen LogP contribution < -0.4 is 5.32 Å². The smallest absolute Gasteiger partial charge is 0.338 e. The first-order chi connectivity index (χ1) is 12.8. The summed E-state index contributed by atoms with van der Waals surface area (Å²) < 4.78 is 4.96. The standard InChI is InChI=1S/C20H18ClNO4S/c21-14-3-1-13(2-4-14)19(7-8-19)11-20(25,27)18(24)22-15-5-6-16-12(9-15)10-26-17(16)23/h1-6,9,25,27H,7-8,10-11H2,(H,22,24). The van der Waals surface area contributed by atoms with Crippen LogP contribution in [0.3, 0.4) is 0 Å². The van der Waals surface area contributed by atoms with Gasteiger partial charge in [0.15, 0.2) is 4.93 Å². The van der Waals surface area contributed by atoms with Crippen LogP contribution in [0, 0.1) is 0 Å². The molecular weight excluding hydrogens is 386 g/mol. The van der Waals surface area contributed by atoms with E-state index < -0.39 is 10.8 Å². The molecule has 0 aromatic heterocycles. The highest BCUT2D eigenvalue weighted by atomic mass is 35.5. The Balaban J connectivity index is 1.48. The molecule has 1 saturated carbocycles. The largest absolute Gasteiger partial charge is 0.457 e. The third-order valence-corrected chi connectivity index (χ3v) is 5.81. The van der Waals surface area contributed by atoms with Crippen molar-refractivity contribution in [1.29, 1.82) is 0 Å². The average Bonchev–Trinajstić information content (AvgIpc) is 3.30. The quantitative estimate of drug-likeness (QED) is 0.404. The Kier molecular flexibility index (Phi) is 4.45. The molecule has 140 valence electrons. The molecule has 1 aliphatic heterocycles. The summed E-state index contributed by atoms with van der Waals surface area (Å²) in [5.74, 6) is -0.969. The van der Waals surface area contributed by atoms with Gasteiger partial charge in [0.25, 0.3) is 5.91 Å². The lowest BCUT2D eigenvalue weighted by atomic mass is 9.89. The Morgan fingerprint density at radius 1 is 1.26 bits per heavy atom. The minimum atomic E-state index is -1.83. The number of hydrogen-bond acceptors (Lipinski definition) is 5. The monoisotopic (exact) mass is 403 g/mol. The van der Waals surface area contributed by atoms with Crippen molar-refractivity contribution < 1.29 is 19.4 Å². The van der Waals surface area contributed by atoms with Crippen LogP contribution in [-0.2, 0) is 21.6 Å². The first-order valence-corrected chi connectivity index (χ1v) is 9.44. The maximum atomic E-state index is 12.6. The van der Waals surface area contributed by atoms with Crippen molar-refractivity contribution in [2.24, 2.45) is 0 Å². The molecule has 2 N–H and O–H groups in total. The molecule has 1 unspecified atom stereocenters. The lowest BCUT2D eigenvalue weighted by Crippen LogP contribution is -2.40. The molecule has 7 heteroatoms. The Morgan fingerprint density at radius 2 is 1.96 bits per heavy atom. The molecule has 1 aliphatic carbocycles. The van der Waals surface area contributed by atoms with Gasteiger partial charge in [-0.1, -0.05) is 23.7 Å². The third-order valence-electron chi connectivity index (χ3n) is 5.20. The summed E-state index contributed by atoms with van der Waals surface area (Å²) >= 11 is 10.2. The second-order valence-electron chi connectivity index (χ2n) is 7.18. The molecule has 1 atom stereocenters. The predicted octanol–water partition coefficient (Wildman–Crippen LogP) is 3.69. The van der Waals surface area contributed by atoms with Crippen molar-refractivity contribution >= 4 is 41.8 Å². The highest BCUT2D eigenvalue weighted by Gasteiger charge is 2.51. The fraction of sp³-hybridized carbons (Fsp3) is 0.300. The van der Waals surface area contributed by atoms with Crippen LogP contribution in [-0.4, -0.2) is 21.9 Å². The van der Waals surface area contributed by atoms with E-state index in [9.17, 15) is 14.7 Å². The molecule has 2 aromatic carbocycles. The van der Waals surface area contributed by atoms with E-state index in [1.54, 1.807) is 18.2 Å². The van der Waals surface area contributed by atoms with Gasteiger partial charge in [-0.2, -0.15) is 0 Å². The van der Waals surface area contributed by atoms with Crippen molar-refractivity contribution in [3.8, 4) is 0 Å². The van der Waals surface area contributed by atoms with E-state index in [2.05, 4.69) is 17.9 Å². The van der Waals surface area contributed by atoms with Crippen molar-refractivity contribution in [3.05, 3.63) is 64.2 Å². The van der Waals surface area contributed by atoms with Gasteiger partial charge in [-0.15, -0.1) is 12.6 Å². The summed E-state index contributed by atoms with van der Waals surface area (Å²) in [6.45, 7) is 0.183. The Labute approximate surface area is 167 Å². The number of anilines is 1. The number of rotatable bonds is 5. The maximum absolute atomic E-state index is 12.6. The zero-order valence-electron chi connectivity index (χ0n) is 14.4. The summed E-state index contributed by atoms with van der Waals surface area (Å²) in [5, 5.41) is 14.0. The summed E-state index contributed by atoms with van der Waals surface area (Å²) in [4.78, 5) is 22.3. The van der Waals surface area contributed by atoms with Gasteiger partial charge in [0.1, 0.15) is 6.61 Å². The lowest BCUT2D eigenvalue weighted by molar-refractivity contribution is -0.127. The van der Waals surface area contributed by atoms with E-state index in [1.807, 2.05) is 24.3 Å². The summed E-state index contributed by atoms with van der Waals surface area (Å²) in [7, 11) is 0. The molecule has 2 aliphatic rings. The van der Waals surface area contributed by atoms with Crippen molar-refractivity contribution in [1.82, 2.24) is 0 Å². The van der Waals surface area contributed by atoms with Gasteiger partial charge < -0.3 is 15.2 Å². The summed E-state index contributed by atoms with van der Waals surface area (Å²) in [6.07, 6.45) is 1.95. The molecule has 2 aromatic rings. The minimum absolute atomic E-state index is 0.183. The minimum Gasteiger partial charge on any atom is -0.457 e. The average molecular weight is 404 g/mol. The van der Waals surface area contributed by atoms with Gasteiger partial charge in [-0.3, -0.25) is 4.79 Å². The topological polar surface area (TPSA) is 75.6 Å². The molecule has 0 radical (unpaired) electrons. The first-order valence-electron chi connectivity index (χ1n) is 8.61. The van der Waals surface area contributed by atoms with E-state index in [0.29, 0.717) is 21.8 Å². The molecule has 0 bridgehead atoms. The van der Waals surface area contributed by atoms with E-state index in [-0.39, 0.29) is 24.4 Å². The molecular formula is C20H18ClNO4S. The van der Waals surface area contributed by atoms with Gasteiger partial charge in [0, 0.05) is 22.7 Å². The number of hydrogen-bond donors (Lipinski definition) is 3. The molecule has 1 fully saturated rings. The van der Waals surface area contributed by atoms with Crippen LogP contribution >= 0.6 is 24.2 Å². The van der Waals surface area contributed by atoms with E-state index in [1.165, 1.54) is 0 Å². The molecule has 27 heavy (non-hydrogen) atoms. The number of cyclic esters (lactones) is 1. The Hall–Kier alpha value is -2.02. The first kappa shape index (κ1) is 18.3. The zero-order valence-corrected chi connectivity index (χ0v) is 16.0. The number of esters is 1. The maximum Gasteiger partial charge on any atom is 0.338 e. The van der Waals surface area contributed by atoms with Gasteiger partial charge in [0.05, 0.1) is 5.56 Å². The molecule has 0 spiro atoms. The van der Waals surface area contributed by atoms with Crippen LogP contribution in [0.1, 0.15) is 40.7 Å². The molecule has 5 nitrogen and oxygen atoms in total. The normalized spacial score (nSPS) is 19.0. The van der Waals surface area contributed by atoms with E-state index in [4.69, 9.17) is 16.3 Å². The van der Waals surface area contributed by atoms with E-state index >= 15 is 0 Å². The number of carbonyl (C=O) groups is 2. The van der Waals surface area contributed by atoms with Crippen LogP contribution in [0.5, 0.6) is 0 Å². The number of aliphatic hydroxyl groups is 1. The number of ether oxygens (including phenoxy) is 1. The number of carbonyl (C=O) groups excluding carboxylic acids is 2. The SMILES string of the molecule is O=C1OCc2cc(NC(=O)C(O)(S)CC3(c4ccc(Cl)cc4)CC3)ccc21. The fourth-order valence-electron chi connectivity index (χ4n) is 3.52. The summed E-state index contributed by atoms with van der Waals surface area (Å²) in [5.41, 5.74) is 2.46. The number of nitrogens with one attached hydrogen (secondary N) is 1. The van der Waals surface area contributed by atoms with E-state index in [0.717, 1.165) is 18.4 Å². The van der Waals surface area contributed by atoms with Crippen molar-refractivity contribution in [3.63, 3.8) is 0 Å². The van der Waals surface area contributed by atoms with Crippen LogP contribution in [0.25, 0.3) is 0 Å². The Bertz CT molecular complexity index is 922. The number of fused-ring (bicyclic) bond motifs is 1. The van der Waals surface area contributed by atoms with Crippen LogP contribution in [0.4, 0.5) is 5.69 Å². The summed E-state index contributed by atoms with van der Waals surface area (Å²) in [6, 6.07) is 12.4. The second kappa shape index (κ2) is 6.55. The molecule has 0 saturated heterocycles. The molecule has 1 heterocycles. The second-order valence-corrected chi connectivity index (χ2v) is 8.36. The van der Waals surface area contributed by atoms with Gasteiger partial charge in [-0.25, -0.2) is 4.79 Å². The third kappa shape index (κ3) is 3.57. The number of benzene rings is 2. The Morgan fingerprint density at radius 3 is 2.63 bits per heavy atom. The lowest BCUT2D eigenvalue weighted by Gasteiger charge is -2.27. The van der Waals surface area contributed by atoms with Crippen LogP contribution in [0.2, 0.25) is 5.02 Å². The highest BCUT2D eigenvalue weighted by molar-refractivity contribution is 7.82. The van der Waals surface area contributed by atoms with Crippen molar-refractivity contribution in [2.45, 2.75) is 36.2 Å². The van der Waals surface area contributed by atoms with Gasteiger partial charge in [0.2, 0.25) is 0 Å². The van der Waals surface area contributed by atoms with Crippen LogP contribution in [0.15, 0.2) is 42.5 Å². The zero-order chi connectivity index (χ0) is 19.2. The van der Waals surface area contributed by atoms with Gasteiger partial charge >= 0.3 is 5.97 Å². The van der Waals surface area contributed by atoms with Crippen molar-refractivity contribution in [2.75, 3.05) is 5.32 Å². The van der Waals surface area contributed by atoms with Gasteiger partial charge in [-0.05, 0) is 54.2 Å². The molecule has 1 amide bonds. The predicted molar refractivity (Wildman–Crippen MR) is 105 cm³/mol. The number of halogens is 1. The highest BCUT2D eigenvalue weighted by Crippen LogP contribution is 2.54. The number of thiol groups is 1. The fourth-order valence-corrected chi connectivity index (χ4v) is 4.00. The molecule has 4 rings (SSSR count).